The number of carboxylic acid groups (broad SMARTS) is 1. The standard InChI is InChI=1S/C35H49N5O8/c1-22(2)16-30(35(48,23(3)4)34(46)47)39-33(45)29(19-27-20-36-21-37-27)38-32(44)26(18-31(43)40(12-14-41)13-15-42)17-25-10-7-9-24-8-5-6-11-28(24)25/h5-11,20-23,26,29-30,41-42,48H,12-19H2,1-4H3,(H,36,37)(H,38,44)(H,39,45)(H,46,47)/t26?,29-,30-,35?/m0/s1. The van der Waals surface area contributed by atoms with Gasteiger partial charge < -0.3 is 40.9 Å². The number of rotatable bonds is 19. The van der Waals surface area contributed by atoms with Crippen LogP contribution in [0.3, 0.4) is 0 Å². The summed E-state index contributed by atoms with van der Waals surface area (Å²) in [6.07, 6.45) is 2.92. The minimum Gasteiger partial charge on any atom is -0.479 e. The largest absolute Gasteiger partial charge is 0.479 e. The average molecular weight is 668 g/mol. The number of H-pyrrole nitrogens is 1. The molecule has 0 bridgehead atoms. The molecule has 13 nitrogen and oxygen atoms in total. The van der Waals surface area contributed by atoms with Gasteiger partial charge in [-0.1, -0.05) is 70.2 Å². The van der Waals surface area contributed by atoms with Crippen molar-refractivity contribution in [3.63, 3.8) is 0 Å². The lowest BCUT2D eigenvalue weighted by Gasteiger charge is -2.38. The van der Waals surface area contributed by atoms with E-state index in [2.05, 4.69) is 20.6 Å². The number of imidazole rings is 1. The van der Waals surface area contributed by atoms with Crippen LogP contribution in [0.25, 0.3) is 10.8 Å². The van der Waals surface area contributed by atoms with E-state index in [0.717, 1.165) is 16.3 Å². The number of aliphatic hydroxyl groups is 3. The summed E-state index contributed by atoms with van der Waals surface area (Å²) >= 11 is 0. The van der Waals surface area contributed by atoms with Gasteiger partial charge in [-0.15, -0.1) is 0 Å². The zero-order valence-corrected chi connectivity index (χ0v) is 28.1. The number of nitrogens with zero attached hydrogens (tertiary/aromatic N) is 2. The van der Waals surface area contributed by atoms with Gasteiger partial charge in [0.2, 0.25) is 17.7 Å². The molecule has 0 saturated carbocycles. The van der Waals surface area contributed by atoms with Crippen molar-refractivity contribution in [2.45, 2.75) is 71.1 Å². The maximum absolute atomic E-state index is 14.1. The molecule has 48 heavy (non-hydrogen) atoms. The molecule has 2 aromatic carbocycles. The lowest BCUT2D eigenvalue weighted by atomic mass is 9.79. The predicted octanol–water partition coefficient (Wildman–Crippen LogP) is 1.66. The van der Waals surface area contributed by atoms with Gasteiger partial charge in [-0.25, -0.2) is 9.78 Å². The van der Waals surface area contributed by atoms with Gasteiger partial charge >= 0.3 is 5.97 Å². The van der Waals surface area contributed by atoms with E-state index in [1.165, 1.54) is 17.4 Å². The van der Waals surface area contributed by atoms with Crippen LogP contribution < -0.4 is 10.6 Å². The van der Waals surface area contributed by atoms with Crippen molar-refractivity contribution in [2.75, 3.05) is 26.3 Å². The van der Waals surface area contributed by atoms with E-state index in [0.29, 0.717) is 5.69 Å². The zero-order valence-electron chi connectivity index (χ0n) is 28.1. The summed E-state index contributed by atoms with van der Waals surface area (Å²) in [4.78, 5) is 62.0. The summed E-state index contributed by atoms with van der Waals surface area (Å²) in [5.74, 6) is -5.02. The third-order valence-electron chi connectivity index (χ3n) is 8.62. The van der Waals surface area contributed by atoms with Gasteiger partial charge in [0.1, 0.15) is 6.04 Å². The Balaban J connectivity index is 1.99. The molecule has 0 fully saturated rings. The van der Waals surface area contributed by atoms with E-state index in [-0.39, 0.29) is 57.9 Å². The summed E-state index contributed by atoms with van der Waals surface area (Å²) in [5.41, 5.74) is -0.951. The second-order valence-corrected chi connectivity index (χ2v) is 12.9. The molecule has 2 unspecified atom stereocenters. The van der Waals surface area contributed by atoms with Crippen molar-refractivity contribution >= 4 is 34.5 Å². The van der Waals surface area contributed by atoms with E-state index in [1.807, 2.05) is 56.3 Å². The third kappa shape index (κ3) is 9.85. The van der Waals surface area contributed by atoms with Gasteiger partial charge in [-0.05, 0) is 41.0 Å². The number of amides is 3. The highest BCUT2D eigenvalue weighted by Crippen LogP contribution is 2.27. The molecule has 1 heterocycles. The average Bonchev–Trinajstić information content (AvgIpc) is 3.56. The van der Waals surface area contributed by atoms with E-state index < -0.39 is 53.2 Å². The smallest absolute Gasteiger partial charge is 0.338 e. The Hall–Kier alpha value is -4.33. The Morgan fingerprint density at radius 2 is 1.58 bits per heavy atom. The van der Waals surface area contributed by atoms with Crippen molar-refractivity contribution < 1.29 is 39.6 Å². The number of carbonyl (C=O) groups is 4. The summed E-state index contributed by atoms with van der Waals surface area (Å²) in [6, 6.07) is 10.9. The maximum Gasteiger partial charge on any atom is 0.338 e. The Labute approximate surface area is 280 Å². The van der Waals surface area contributed by atoms with Crippen molar-refractivity contribution in [1.29, 1.82) is 0 Å². The highest BCUT2D eigenvalue weighted by molar-refractivity contribution is 5.92. The van der Waals surface area contributed by atoms with Gasteiger partial charge in [-0.3, -0.25) is 14.4 Å². The fourth-order valence-corrected chi connectivity index (χ4v) is 5.94. The Morgan fingerprint density at radius 1 is 0.917 bits per heavy atom. The number of carbonyl (C=O) groups excluding carboxylic acids is 3. The first kappa shape index (κ1) is 38.1. The molecule has 1 aromatic heterocycles. The number of aliphatic carboxylic acids is 1. The molecule has 262 valence electrons. The van der Waals surface area contributed by atoms with Crippen LogP contribution in [0.2, 0.25) is 0 Å². The van der Waals surface area contributed by atoms with E-state index in [1.54, 1.807) is 13.8 Å². The molecule has 3 rings (SSSR count). The van der Waals surface area contributed by atoms with Crippen molar-refractivity contribution in [1.82, 2.24) is 25.5 Å². The summed E-state index contributed by atoms with van der Waals surface area (Å²) < 4.78 is 0. The van der Waals surface area contributed by atoms with Gasteiger partial charge in [0.15, 0.2) is 5.60 Å². The zero-order chi connectivity index (χ0) is 35.4. The van der Waals surface area contributed by atoms with Crippen LogP contribution in [0.15, 0.2) is 55.0 Å². The second kappa shape index (κ2) is 17.7. The number of aliphatic hydroxyl groups excluding tert-OH is 2. The molecule has 0 saturated heterocycles. The van der Waals surface area contributed by atoms with Crippen molar-refractivity contribution in [3.8, 4) is 0 Å². The Morgan fingerprint density at radius 3 is 2.17 bits per heavy atom. The molecule has 3 amide bonds. The Kier molecular flexibility index (Phi) is 14.1. The number of fused-ring (bicyclic) bond motifs is 1. The molecule has 13 heteroatoms. The number of hydrogen-bond donors (Lipinski definition) is 7. The van der Waals surface area contributed by atoms with Crippen LogP contribution in [0.5, 0.6) is 0 Å². The molecule has 7 N–H and O–H groups in total. The molecule has 3 aromatic rings. The van der Waals surface area contributed by atoms with Crippen LogP contribution in [-0.2, 0) is 32.0 Å². The van der Waals surface area contributed by atoms with Crippen LogP contribution in [0, 0.1) is 17.8 Å². The number of aromatic amines is 1. The first-order valence-corrected chi connectivity index (χ1v) is 16.3. The molecule has 0 aliphatic carbocycles. The highest BCUT2D eigenvalue weighted by Gasteiger charge is 2.48. The van der Waals surface area contributed by atoms with Gasteiger partial charge in [0.05, 0.1) is 31.5 Å². The normalized spacial score (nSPS) is 14.7. The monoisotopic (exact) mass is 667 g/mol. The molecule has 0 spiro atoms. The third-order valence-corrected chi connectivity index (χ3v) is 8.62. The SMILES string of the molecule is CC(C)C[C@H](NC(=O)[C@H](Cc1cnc[nH]1)NC(=O)C(CC(=O)N(CCO)CCO)Cc1cccc2ccccc12)C(O)(C(=O)O)C(C)C. The van der Waals surface area contributed by atoms with E-state index >= 15 is 0 Å². The lowest BCUT2D eigenvalue weighted by Crippen LogP contribution is -2.63. The van der Waals surface area contributed by atoms with Gasteiger partial charge in [0.25, 0.3) is 0 Å². The van der Waals surface area contributed by atoms with Crippen molar-refractivity contribution in [3.05, 3.63) is 66.2 Å². The van der Waals surface area contributed by atoms with Crippen molar-refractivity contribution in [2.24, 2.45) is 17.8 Å². The van der Waals surface area contributed by atoms with Crippen LogP contribution in [-0.4, -0.2) is 103 Å². The second-order valence-electron chi connectivity index (χ2n) is 12.9. The minimum atomic E-state index is -2.28. The number of aromatic nitrogens is 2. The van der Waals surface area contributed by atoms with Crippen LogP contribution in [0.1, 0.15) is 51.8 Å². The predicted molar refractivity (Wildman–Crippen MR) is 180 cm³/mol. The molecule has 0 aliphatic heterocycles. The first-order chi connectivity index (χ1) is 22.8. The Bertz CT molecular complexity index is 1500. The minimum absolute atomic E-state index is 0.0214. The highest BCUT2D eigenvalue weighted by atomic mass is 16.4. The number of benzene rings is 2. The summed E-state index contributed by atoms with van der Waals surface area (Å²) in [6.45, 7) is 6.12. The quantitative estimate of drug-likeness (QED) is 0.0991. The summed E-state index contributed by atoms with van der Waals surface area (Å²) in [7, 11) is 0. The fourth-order valence-electron chi connectivity index (χ4n) is 5.94. The molecular formula is C35H49N5O8. The van der Waals surface area contributed by atoms with Gasteiger partial charge in [0, 0.05) is 37.8 Å². The van der Waals surface area contributed by atoms with E-state index in [4.69, 9.17) is 0 Å². The maximum atomic E-state index is 14.1. The topological polar surface area (TPSA) is 205 Å². The molecule has 4 atom stereocenters. The van der Waals surface area contributed by atoms with E-state index in [9.17, 15) is 39.6 Å². The first-order valence-electron chi connectivity index (χ1n) is 16.3. The number of nitrogens with one attached hydrogen (secondary N) is 3. The summed E-state index contributed by atoms with van der Waals surface area (Å²) in [5, 5.41) is 47.7. The number of carboxylic acids is 1. The molecule has 0 aliphatic rings. The lowest BCUT2D eigenvalue weighted by molar-refractivity contribution is -0.169. The van der Waals surface area contributed by atoms with Gasteiger partial charge in [-0.2, -0.15) is 0 Å². The molecular weight excluding hydrogens is 618 g/mol. The number of hydrogen-bond acceptors (Lipinski definition) is 8. The van der Waals surface area contributed by atoms with Crippen LogP contribution in [0.4, 0.5) is 0 Å². The fraction of sp³-hybridized carbons (Fsp3) is 0.514. The van der Waals surface area contributed by atoms with Crippen LogP contribution >= 0.6 is 0 Å². The molecule has 0 radical (unpaired) electrons.